The van der Waals surface area contributed by atoms with Crippen molar-refractivity contribution in [2.75, 3.05) is 45.2 Å². The van der Waals surface area contributed by atoms with Crippen LogP contribution in [0.25, 0.3) is 0 Å². The minimum absolute atomic E-state index is 0.248. The maximum Gasteiger partial charge on any atom is 0.191 e. The zero-order chi connectivity index (χ0) is 19.8. The topological polar surface area (TPSA) is 55.8 Å². The van der Waals surface area contributed by atoms with Crippen LogP contribution < -0.4 is 15.5 Å². The number of halogens is 1. The first-order valence-corrected chi connectivity index (χ1v) is 10.7. The van der Waals surface area contributed by atoms with Crippen molar-refractivity contribution < 1.29 is 4.39 Å². The Bertz CT molecular complexity index is 631. The molecule has 2 N–H and O–H groups in total. The summed E-state index contributed by atoms with van der Waals surface area (Å²) < 4.78 is 13.9. The molecule has 6 nitrogen and oxygen atoms in total. The highest BCUT2D eigenvalue weighted by atomic mass is 19.1. The van der Waals surface area contributed by atoms with Crippen LogP contribution in [0, 0.1) is 5.82 Å². The fourth-order valence-corrected chi connectivity index (χ4v) is 4.31. The Hall–Kier alpha value is -1.89. The molecule has 1 aromatic heterocycles. The Balaban J connectivity index is 1.36. The minimum Gasteiger partial charge on any atom is -0.356 e. The Labute approximate surface area is 168 Å². The number of guanidine groups is 1. The van der Waals surface area contributed by atoms with Gasteiger partial charge in [0.2, 0.25) is 0 Å². The first-order chi connectivity index (χ1) is 13.7. The molecule has 7 heteroatoms. The number of nitrogens with zero attached hydrogens (tertiary/aromatic N) is 4. The van der Waals surface area contributed by atoms with Crippen LogP contribution in [0.2, 0.25) is 0 Å². The van der Waals surface area contributed by atoms with Gasteiger partial charge in [0.05, 0.1) is 0 Å². The molecule has 2 fully saturated rings. The van der Waals surface area contributed by atoms with Crippen LogP contribution in [0.15, 0.2) is 23.3 Å². The van der Waals surface area contributed by atoms with E-state index in [0.717, 1.165) is 51.0 Å². The van der Waals surface area contributed by atoms with Gasteiger partial charge in [-0.1, -0.05) is 19.3 Å². The quantitative estimate of drug-likeness (QED) is 0.426. The number of nitrogens with one attached hydrogen (secondary N) is 2. The Morgan fingerprint density at radius 1 is 1.32 bits per heavy atom. The summed E-state index contributed by atoms with van der Waals surface area (Å²) in [6, 6.07) is 4.11. The van der Waals surface area contributed by atoms with Crippen LogP contribution in [0.4, 0.5) is 10.2 Å². The van der Waals surface area contributed by atoms with Crippen LogP contribution >= 0.6 is 0 Å². The number of rotatable bonds is 7. The molecule has 1 unspecified atom stereocenters. The summed E-state index contributed by atoms with van der Waals surface area (Å²) in [6.45, 7) is 3.56. The summed E-state index contributed by atoms with van der Waals surface area (Å²) in [5.41, 5.74) is 0. The number of hydrogen-bond donors (Lipinski definition) is 2. The van der Waals surface area contributed by atoms with E-state index in [1.807, 2.05) is 4.90 Å². The van der Waals surface area contributed by atoms with Crippen molar-refractivity contribution in [1.29, 1.82) is 0 Å². The molecular formula is C21H35FN6. The molecule has 0 radical (unpaired) electrons. The molecule has 28 heavy (non-hydrogen) atoms. The van der Waals surface area contributed by atoms with E-state index >= 15 is 0 Å². The third-order valence-electron chi connectivity index (χ3n) is 5.97. The molecule has 1 aromatic rings. The van der Waals surface area contributed by atoms with E-state index in [-0.39, 0.29) is 11.9 Å². The lowest BCUT2D eigenvalue weighted by Crippen LogP contribution is -2.45. The molecule has 3 rings (SSSR count). The molecule has 1 saturated carbocycles. The lowest BCUT2D eigenvalue weighted by atomic mass is 9.94. The van der Waals surface area contributed by atoms with Crippen molar-refractivity contribution in [1.82, 2.24) is 20.5 Å². The van der Waals surface area contributed by atoms with E-state index < -0.39 is 0 Å². The van der Waals surface area contributed by atoms with Crippen molar-refractivity contribution in [2.45, 2.75) is 57.0 Å². The maximum atomic E-state index is 13.9. The number of hydrogen-bond acceptors (Lipinski definition) is 4. The minimum atomic E-state index is -0.257. The molecule has 2 aliphatic rings. The smallest absolute Gasteiger partial charge is 0.191 e. The monoisotopic (exact) mass is 390 g/mol. The molecular weight excluding hydrogens is 355 g/mol. The zero-order valence-corrected chi connectivity index (χ0v) is 17.3. The largest absolute Gasteiger partial charge is 0.356 e. The lowest BCUT2D eigenvalue weighted by Gasteiger charge is -2.31. The molecule has 1 aliphatic carbocycles. The SMILES string of the molecule is CN=C(NCCCN(C)C1CCCCC1)NC1CCN(c2ncccc2F)C1. The highest BCUT2D eigenvalue weighted by molar-refractivity contribution is 5.80. The Morgan fingerprint density at radius 3 is 2.89 bits per heavy atom. The van der Waals surface area contributed by atoms with E-state index in [1.165, 1.54) is 38.2 Å². The van der Waals surface area contributed by atoms with Crippen LogP contribution in [-0.4, -0.2) is 68.2 Å². The van der Waals surface area contributed by atoms with E-state index in [4.69, 9.17) is 0 Å². The number of pyridine rings is 1. The van der Waals surface area contributed by atoms with Crippen LogP contribution in [-0.2, 0) is 0 Å². The predicted molar refractivity (Wildman–Crippen MR) is 113 cm³/mol. The lowest BCUT2D eigenvalue weighted by molar-refractivity contribution is 0.190. The van der Waals surface area contributed by atoms with Gasteiger partial charge >= 0.3 is 0 Å². The first-order valence-electron chi connectivity index (χ1n) is 10.7. The first kappa shape index (κ1) is 20.8. The average Bonchev–Trinajstić information content (AvgIpc) is 3.19. The standard InChI is InChI=1S/C21H35FN6/c1-23-21(25-13-7-14-27(2)18-8-4-3-5-9-18)26-17-11-15-28(16-17)20-19(22)10-6-12-24-20/h6,10,12,17-18H,3-5,7-9,11,13-16H2,1-2H3,(H2,23,25,26). The van der Waals surface area contributed by atoms with Crippen LogP contribution in [0.3, 0.4) is 0 Å². The third-order valence-corrected chi connectivity index (χ3v) is 5.97. The zero-order valence-electron chi connectivity index (χ0n) is 17.3. The molecule has 0 spiro atoms. The fraction of sp³-hybridized carbons (Fsp3) is 0.714. The summed E-state index contributed by atoms with van der Waals surface area (Å²) in [5, 5.41) is 6.89. The van der Waals surface area contributed by atoms with Crippen LogP contribution in [0.5, 0.6) is 0 Å². The van der Waals surface area contributed by atoms with Gasteiger partial charge in [0.25, 0.3) is 0 Å². The summed E-state index contributed by atoms with van der Waals surface area (Å²) in [6.07, 6.45) is 10.5. The molecule has 1 saturated heterocycles. The molecule has 0 amide bonds. The van der Waals surface area contributed by atoms with Gasteiger partial charge in [-0.3, -0.25) is 4.99 Å². The molecule has 0 bridgehead atoms. The molecule has 2 heterocycles. The normalized spacial score (nSPS) is 21.4. The van der Waals surface area contributed by atoms with Gasteiger partial charge in [0.15, 0.2) is 17.6 Å². The summed E-state index contributed by atoms with van der Waals surface area (Å²) in [4.78, 5) is 13.0. The van der Waals surface area contributed by atoms with Crippen molar-refractivity contribution in [2.24, 2.45) is 4.99 Å². The maximum absolute atomic E-state index is 13.9. The second-order valence-electron chi connectivity index (χ2n) is 8.01. The second-order valence-corrected chi connectivity index (χ2v) is 8.01. The van der Waals surface area contributed by atoms with Crippen LogP contribution in [0.1, 0.15) is 44.9 Å². The van der Waals surface area contributed by atoms with Gasteiger partial charge in [-0.25, -0.2) is 9.37 Å². The summed E-state index contributed by atoms with van der Waals surface area (Å²) >= 11 is 0. The van der Waals surface area contributed by atoms with E-state index in [9.17, 15) is 4.39 Å². The van der Waals surface area contributed by atoms with E-state index in [2.05, 4.69) is 32.6 Å². The van der Waals surface area contributed by atoms with E-state index in [1.54, 1.807) is 19.3 Å². The number of anilines is 1. The van der Waals surface area contributed by atoms with Crippen molar-refractivity contribution in [3.05, 3.63) is 24.1 Å². The number of aromatic nitrogens is 1. The van der Waals surface area contributed by atoms with Gasteiger partial charge in [-0.05, 0) is 51.4 Å². The fourth-order valence-electron chi connectivity index (χ4n) is 4.31. The van der Waals surface area contributed by atoms with Crippen molar-refractivity contribution in [3.63, 3.8) is 0 Å². The Kier molecular flexibility index (Phi) is 7.89. The summed E-state index contributed by atoms with van der Waals surface area (Å²) in [5.74, 6) is 1.02. The highest BCUT2D eigenvalue weighted by Gasteiger charge is 2.26. The average molecular weight is 391 g/mol. The third kappa shape index (κ3) is 5.80. The molecule has 156 valence electrons. The number of aliphatic imine (C=N–C) groups is 1. The molecule has 0 aromatic carbocycles. The molecule has 1 aliphatic heterocycles. The van der Waals surface area contributed by atoms with E-state index in [0.29, 0.717) is 5.82 Å². The van der Waals surface area contributed by atoms with Gasteiger partial charge in [-0.15, -0.1) is 0 Å². The van der Waals surface area contributed by atoms with Gasteiger partial charge in [0, 0.05) is 45.0 Å². The van der Waals surface area contributed by atoms with Gasteiger partial charge in [-0.2, -0.15) is 0 Å². The van der Waals surface area contributed by atoms with Gasteiger partial charge < -0.3 is 20.4 Å². The summed E-state index contributed by atoms with van der Waals surface area (Å²) in [7, 11) is 4.06. The predicted octanol–water partition coefficient (Wildman–Crippen LogP) is 2.62. The highest BCUT2D eigenvalue weighted by Crippen LogP contribution is 2.22. The Morgan fingerprint density at radius 2 is 2.14 bits per heavy atom. The van der Waals surface area contributed by atoms with Crippen molar-refractivity contribution in [3.8, 4) is 0 Å². The van der Waals surface area contributed by atoms with Gasteiger partial charge in [0.1, 0.15) is 0 Å². The molecule has 1 atom stereocenters. The van der Waals surface area contributed by atoms with Crippen molar-refractivity contribution >= 4 is 11.8 Å². The second kappa shape index (κ2) is 10.6.